The summed E-state index contributed by atoms with van der Waals surface area (Å²) in [7, 11) is 1.85. The molecule has 122 valence electrons. The topological polar surface area (TPSA) is 68.2 Å². The van der Waals surface area contributed by atoms with Crippen molar-refractivity contribution in [2.75, 3.05) is 5.32 Å². The molecule has 2 amide bonds. The number of anilines is 1. The average molecular weight is 314 g/mol. The van der Waals surface area contributed by atoms with Crippen LogP contribution in [0.4, 0.5) is 10.5 Å². The molecule has 0 aliphatic heterocycles. The number of para-hydroxylation sites is 2. The van der Waals surface area contributed by atoms with Gasteiger partial charge in [-0.25, -0.2) is 4.79 Å². The number of benzene rings is 1. The van der Waals surface area contributed by atoms with Gasteiger partial charge in [-0.3, -0.25) is 4.68 Å². The maximum Gasteiger partial charge on any atom is 0.319 e. The van der Waals surface area contributed by atoms with Crippen molar-refractivity contribution < 1.29 is 9.53 Å². The maximum absolute atomic E-state index is 12.1. The molecule has 1 aliphatic carbocycles. The lowest BCUT2D eigenvalue weighted by molar-refractivity contribution is 0.211. The number of rotatable bonds is 5. The first kappa shape index (κ1) is 15.4. The fraction of sp³-hybridized carbons (Fsp3) is 0.412. The highest BCUT2D eigenvalue weighted by molar-refractivity contribution is 5.90. The molecule has 3 rings (SSSR count). The van der Waals surface area contributed by atoms with Crippen LogP contribution in [0.3, 0.4) is 0 Å². The number of ether oxygens (including phenoxy) is 1. The van der Waals surface area contributed by atoms with Gasteiger partial charge in [-0.05, 0) is 37.8 Å². The number of amides is 2. The van der Waals surface area contributed by atoms with Crippen LogP contribution in [0.15, 0.2) is 36.7 Å². The maximum atomic E-state index is 12.1. The average Bonchev–Trinajstić information content (AvgIpc) is 3.19. The fourth-order valence-corrected chi connectivity index (χ4v) is 2.77. The van der Waals surface area contributed by atoms with E-state index in [-0.39, 0.29) is 12.1 Å². The second-order valence-corrected chi connectivity index (χ2v) is 5.85. The van der Waals surface area contributed by atoms with Crippen molar-refractivity contribution in [2.45, 2.75) is 38.3 Å². The molecule has 1 aromatic heterocycles. The van der Waals surface area contributed by atoms with Crippen LogP contribution < -0.4 is 15.4 Å². The summed E-state index contributed by atoms with van der Waals surface area (Å²) < 4.78 is 7.73. The van der Waals surface area contributed by atoms with Crippen molar-refractivity contribution in [3.63, 3.8) is 0 Å². The van der Waals surface area contributed by atoms with Crippen molar-refractivity contribution in [2.24, 2.45) is 7.05 Å². The number of aryl methyl sites for hydroxylation is 1. The fourth-order valence-electron chi connectivity index (χ4n) is 2.77. The third-order valence-corrected chi connectivity index (χ3v) is 3.94. The molecule has 2 aromatic rings. The molecule has 6 heteroatoms. The van der Waals surface area contributed by atoms with Gasteiger partial charge < -0.3 is 15.4 Å². The molecular formula is C17H22N4O2. The molecule has 1 fully saturated rings. The van der Waals surface area contributed by atoms with Crippen LogP contribution in [0.5, 0.6) is 5.75 Å². The van der Waals surface area contributed by atoms with Crippen LogP contribution >= 0.6 is 0 Å². The molecule has 1 aliphatic rings. The molecule has 2 N–H and O–H groups in total. The van der Waals surface area contributed by atoms with E-state index in [1.165, 1.54) is 12.8 Å². The van der Waals surface area contributed by atoms with Crippen molar-refractivity contribution in [3.8, 4) is 5.75 Å². The van der Waals surface area contributed by atoms with Gasteiger partial charge in [0.25, 0.3) is 0 Å². The lowest BCUT2D eigenvalue weighted by Crippen LogP contribution is -2.28. The van der Waals surface area contributed by atoms with E-state index in [1.807, 2.05) is 37.5 Å². The summed E-state index contributed by atoms with van der Waals surface area (Å²) in [6.45, 7) is 0.436. The minimum absolute atomic E-state index is 0.253. The molecule has 1 aromatic carbocycles. The molecule has 0 saturated heterocycles. The lowest BCUT2D eigenvalue weighted by atomic mass is 10.2. The van der Waals surface area contributed by atoms with E-state index < -0.39 is 0 Å². The van der Waals surface area contributed by atoms with Gasteiger partial charge >= 0.3 is 6.03 Å². The van der Waals surface area contributed by atoms with E-state index in [1.54, 1.807) is 10.9 Å². The highest BCUT2D eigenvalue weighted by Gasteiger charge is 2.18. The Morgan fingerprint density at radius 1 is 1.35 bits per heavy atom. The normalized spacial score (nSPS) is 14.7. The number of hydrogen-bond donors (Lipinski definition) is 2. The predicted octanol–water partition coefficient (Wildman–Crippen LogP) is 3.06. The monoisotopic (exact) mass is 314 g/mol. The zero-order valence-electron chi connectivity index (χ0n) is 13.3. The molecule has 0 bridgehead atoms. The number of nitrogens with one attached hydrogen (secondary N) is 2. The number of carbonyl (C=O) groups excluding carboxylic acids is 1. The smallest absolute Gasteiger partial charge is 0.319 e. The summed E-state index contributed by atoms with van der Waals surface area (Å²) in [6.07, 6.45) is 8.46. The number of nitrogens with zero attached hydrogens (tertiary/aromatic N) is 2. The van der Waals surface area contributed by atoms with Crippen LogP contribution in [-0.2, 0) is 13.6 Å². The Bertz CT molecular complexity index is 662. The van der Waals surface area contributed by atoms with Gasteiger partial charge in [0.1, 0.15) is 5.75 Å². The Balaban J connectivity index is 1.57. The minimum Gasteiger partial charge on any atom is -0.488 e. The summed E-state index contributed by atoms with van der Waals surface area (Å²) in [5, 5.41) is 9.76. The SMILES string of the molecule is Cn1cc(CNC(=O)Nc2ccccc2OC2CCCC2)cn1. The van der Waals surface area contributed by atoms with Crippen LogP contribution in [0.25, 0.3) is 0 Å². The molecule has 0 atom stereocenters. The lowest BCUT2D eigenvalue weighted by Gasteiger charge is -2.17. The molecule has 0 radical (unpaired) electrons. The van der Waals surface area contributed by atoms with Gasteiger partial charge in [0, 0.05) is 25.4 Å². The summed E-state index contributed by atoms with van der Waals surface area (Å²) in [5.74, 6) is 0.732. The molecule has 6 nitrogen and oxygen atoms in total. The standard InChI is InChI=1S/C17H22N4O2/c1-21-12-13(11-19-21)10-18-17(22)20-15-8-4-5-9-16(15)23-14-6-2-3-7-14/h4-5,8-9,11-12,14H,2-3,6-7,10H2,1H3,(H2,18,20,22). The van der Waals surface area contributed by atoms with E-state index in [0.717, 1.165) is 24.2 Å². The number of aromatic nitrogens is 2. The third-order valence-electron chi connectivity index (χ3n) is 3.94. The van der Waals surface area contributed by atoms with Gasteiger partial charge in [-0.2, -0.15) is 5.10 Å². The van der Waals surface area contributed by atoms with Crippen LogP contribution in [0, 0.1) is 0 Å². The second-order valence-electron chi connectivity index (χ2n) is 5.85. The van der Waals surface area contributed by atoms with E-state index in [4.69, 9.17) is 4.74 Å². The molecule has 1 saturated carbocycles. The molecule has 23 heavy (non-hydrogen) atoms. The Morgan fingerprint density at radius 2 is 2.13 bits per heavy atom. The summed E-state index contributed by atoms with van der Waals surface area (Å²) in [6, 6.07) is 7.31. The Kier molecular flexibility index (Phi) is 4.80. The Morgan fingerprint density at radius 3 is 2.87 bits per heavy atom. The van der Waals surface area contributed by atoms with Gasteiger partial charge in [0.2, 0.25) is 0 Å². The first-order chi connectivity index (χ1) is 11.2. The van der Waals surface area contributed by atoms with Gasteiger partial charge in [-0.1, -0.05) is 12.1 Å². The third kappa shape index (κ3) is 4.25. The minimum atomic E-state index is -0.253. The van der Waals surface area contributed by atoms with Crippen LogP contribution in [0.1, 0.15) is 31.2 Å². The quantitative estimate of drug-likeness (QED) is 0.891. The largest absolute Gasteiger partial charge is 0.488 e. The van der Waals surface area contributed by atoms with E-state index in [0.29, 0.717) is 12.2 Å². The Hall–Kier alpha value is -2.50. The molecular weight excluding hydrogens is 292 g/mol. The zero-order chi connectivity index (χ0) is 16.1. The number of hydrogen-bond acceptors (Lipinski definition) is 3. The van der Waals surface area contributed by atoms with Crippen molar-refractivity contribution in [1.82, 2.24) is 15.1 Å². The van der Waals surface area contributed by atoms with Crippen LogP contribution in [0.2, 0.25) is 0 Å². The number of urea groups is 1. The highest BCUT2D eigenvalue weighted by Crippen LogP contribution is 2.29. The van der Waals surface area contributed by atoms with Crippen LogP contribution in [-0.4, -0.2) is 21.9 Å². The van der Waals surface area contributed by atoms with Crippen molar-refractivity contribution in [3.05, 3.63) is 42.2 Å². The molecule has 0 unspecified atom stereocenters. The first-order valence-electron chi connectivity index (χ1n) is 7.99. The number of carbonyl (C=O) groups is 1. The Labute approximate surface area is 135 Å². The van der Waals surface area contributed by atoms with E-state index >= 15 is 0 Å². The van der Waals surface area contributed by atoms with Gasteiger partial charge in [-0.15, -0.1) is 0 Å². The van der Waals surface area contributed by atoms with E-state index in [2.05, 4.69) is 15.7 Å². The van der Waals surface area contributed by atoms with Crippen molar-refractivity contribution in [1.29, 1.82) is 0 Å². The first-order valence-corrected chi connectivity index (χ1v) is 7.99. The van der Waals surface area contributed by atoms with Gasteiger partial charge in [0.15, 0.2) is 0 Å². The predicted molar refractivity (Wildman–Crippen MR) is 88.4 cm³/mol. The summed E-state index contributed by atoms with van der Waals surface area (Å²) in [4.78, 5) is 12.1. The van der Waals surface area contributed by atoms with Crippen molar-refractivity contribution >= 4 is 11.7 Å². The highest BCUT2D eigenvalue weighted by atomic mass is 16.5. The summed E-state index contributed by atoms with van der Waals surface area (Å²) >= 11 is 0. The van der Waals surface area contributed by atoms with Gasteiger partial charge in [0.05, 0.1) is 18.0 Å². The molecule has 0 spiro atoms. The molecule has 1 heterocycles. The second kappa shape index (κ2) is 7.17. The summed E-state index contributed by atoms with van der Waals surface area (Å²) in [5.41, 5.74) is 1.65. The van der Waals surface area contributed by atoms with E-state index in [9.17, 15) is 4.79 Å². The zero-order valence-corrected chi connectivity index (χ0v) is 13.3.